The van der Waals surface area contributed by atoms with Crippen LogP contribution in [-0.2, 0) is 9.59 Å². The number of hydrogen-bond donors (Lipinski definition) is 1. The van der Waals surface area contributed by atoms with Crippen LogP contribution in [-0.4, -0.2) is 47.1 Å². The fraction of sp³-hybridized carbons (Fsp3) is 0.417. The predicted octanol–water partition coefficient (Wildman–Crippen LogP) is 0.784. The molecule has 1 aromatic rings. The number of carbonyl (C=O) groups excluding carboxylic acids is 1. The Morgan fingerprint density at radius 3 is 2.83 bits per heavy atom. The highest BCUT2D eigenvalue weighted by Crippen LogP contribution is 2.06. The number of aliphatic carboxylic acids is 1. The smallest absolute Gasteiger partial charge is 0.305 e. The summed E-state index contributed by atoms with van der Waals surface area (Å²) in [6.45, 7) is 0.461. The number of nitrogens with zero attached hydrogens (tertiary/aromatic N) is 2. The lowest BCUT2D eigenvalue weighted by atomic mass is 10.3. The van der Waals surface area contributed by atoms with Crippen LogP contribution in [0.2, 0.25) is 0 Å². The van der Waals surface area contributed by atoms with Gasteiger partial charge >= 0.3 is 5.97 Å². The van der Waals surface area contributed by atoms with E-state index in [0.29, 0.717) is 5.75 Å². The maximum Gasteiger partial charge on any atom is 0.305 e. The number of carbonyl (C=O) groups is 2. The molecule has 0 bridgehead atoms. The zero-order chi connectivity index (χ0) is 13.4. The van der Waals surface area contributed by atoms with Crippen molar-refractivity contribution in [2.45, 2.75) is 12.8 Å². The van der Waals surface area contributed by atoms with Gasteiger partial charge in [0.25, 0.3) is 0 Å². The second-order valence-corrected chi connectivity index (χ2v) is 3.75. The van der Waals surface area contributed by atoms with Crippen molar-refractivity contribution in [1.82, 2.24) is 9.88 Å². The number of carboxylic acids is 1. The van der Waals surface area contributed by atoms with Crippen molar-refractivity contribution in [3.8, 4) is 5.75 Å². The topological polar surface area (TPSA) is 79.7 Å². The Labute approximate surface area is 105 Å². The van der Waals surface area contributed by atoms with Crippen molar-refractivity contribution < 1.29 is 19.4 Å². The van der Waals surface area contributed by atoms with Crippen LogP contribution in [0.3, 0.4) is 0 Å². The number of carboxylic acid groups (broad SMARTS) is 1. The van der Waals surface area contributed by atoms with E-state index in [4.69, 9.17) is 9.84 Å². The summed E-state index contributed by atoms with van der Waals surface area (Å²) in [4.78, 5) is 27.2. The highest BCUT2D eigenvalue weighted by molar-refractivity contribution is 5.76. The number of rotatable bonds is 7. The van der Waals surface area contributed by atoms with Gasteiger partial charge in [0.1, 0.15) is 5.75 Å². The molecule has 0 saturated heterocycles. The van der Waals surface area contributed by atoms with Crippen molar-refractivity contribution in [2.75, 3.05) is 20.2 Å². The minimum Gasteiger partial charge on any atom is -0.491 e. The molecule has 1 aromatic heterocycles. The van der Waals surface area contributed by atoms with Crippen molar-refractivity contribution in [3.63, 3.8) is 0 Å². The normalized spacial score (nSPS) is 9.83. The lowest BCUT2D eigenvalue weighted by Crippen LogP contribution is -2.30. The van der Waals surface area contributed by atoms with Crippen LogP contribution < -0.4 is 4.74 Å². The molecule has 0 fully saturated rings. The highest BCUT2D eigenvalue weighted by atomic mass is 16.5. The van der Waals surface area contributed by atoms with Crippen molar-refractivity contribution >= 4 is 11.9 Å². The average molecular weight is 252 g/mol. The van der Waals surface area contributed by atoms with Crippen LogP contribution >= 0.6 is 0 Å². The Bertz CT molecular complexity index is 394. The maximum atomic E-state index is 11.6. The van der Waals surface area contributed by atoms with Gasteiger partial charge in [-0.15, -0.1) is 0 Å². The molecule has 0 radical (unpaired) electrons. The lowest BCUT2D eigenvalue weighted by Gasteiger charge is -2.16. The molecule has 0 aliphatic rings. The van der Waals surface area contributed by atoms with E-state index < -0.39 is 5.97 Å². The fourth-order valence-electron chi connectivity index (χ4n) is 1.27. The van der Waals surface area contributed by atoms with Gasteiger partial charge in [-0.2, -0.15) is 0 Å². The lowest BCUT2D eigenvalue weighted by molar-refractivity contribution is -0.138. The van der Waals surface area contributed by atoms with Crippen LogP contribution in [0.5, 0.6) is 5.75 Å². The second-order valence-electron chi connectivity index (χ2n) is 3.75. The molecule has 1 heterocycles. The summed E-state index contributed by atoms with van der Waals surface area (Å²) >= 11 is 0. The molecule has 1 amide bonds. The molecule has 0 aliphatic carbocycles. The molecule has 0 aromatic carbocycles. The molecule has 0 spiro atoms. The summed E-state index contributed by atoms with van der Waals surface area (Å²) in [5.74, 6) is -0.445. The number of hydrogen-bond acceptors (Lipinski definition) is 4. The Morgan fingerprint density at radius 1 is 1.44 bits per heavy atom. The number of amides is 1. The fourth-order valence-corrected chi connectivity index (χ4v) is 1.27. The predicted molar refractivity (Wildman–Crippen MR) is 64.2 cm³/mol. The largest absolute Gasteiger partial charge is 0.491 e. The standard InChI is InChI=1S/C12H16N2O4/c1-14(7-4-12(16)17)11(15)5-8-18-10-3-2-6-13-9-10/h2-3,6,9H,4-5,7-8H2,1H3,(H,16,17). The first-order chi connectivity index (χ1) is 8.59. The van der Waals surface area contributed by atoms with E-state index in [9.17, 15) is 9.59 Å². The van der Waals surface area contributed by atoms with E-state index in [1.165, 1.54) is 4.90 Å². The summed E-state index contributed by atoms with van der Waals surface area (Å²) in [7, 11) is 1.58. The summed E-state index contributed by atoms with van der Waals surface area (Å²) in [5, 5.41) is 8.50. The molecule has 1 N–H and O–H groups in total. The number of ether oxygens (including phenoxy) is 1. The minimum absolute atomic E-state index is 0.0499. The number of pyridine rings is 1. The third-order valence-corrected chi connectivity index (χ3v) is 2.31. The van der Waals surface area contributed by atoms with E-state index in [0.717, 1.165) is 0 Å². The molecule has 98 valence electrons. The first-order valence-electron chi connectivity index (χ1n) is 5.58. The van der Waals surface area contributed by atoms with Gasteiger partial charge in [-0.3, -0.25) is 14.6 Å². The van der Waals surface area contributed by atoms with Gasteiger partial charge in [0.05, 0.1) is 25.6 Å². The Hall–Kier alpha value is -2.11. The number of aromatic nitrogens is 1. The molecule has 6 heteroatoms. The van der Waals surface area contributed by atoms with Crippen LogP contribution in [0.25, 0.3) is 0 Å². The Kier molecular flexibility index (Phi) is 5.63. The highest BCUT2D eigenvalue weighted by Gasteiger charge is 2.10. The van der Waals surface area contributed by atoms with Crippen LogP contribution in [0.1, 0.15) is 12.8 Å². The van der Waals surface area contributed by atoms with Gasteiger partial charge in [-0.25, -0.2) is 0 Å². The SMILES string of the molecule is CN(CCC(=O)O)C(=O)CCOc1cccnc1. The van der Waals surface area contributed by atoms with Gasteiger partial charge in [0.15, 0.2) is 0 Å². The molecular formula is C12H16N2O4. The third-order valence-electron chi connectivity index (χ3n) is 2.31. The van der Waals surface area contributed by atoms with Crippen molar-refractivity contribution in [3.05, 3.63) is 24.5 Å². The zero-order valence-electron chi connectivity index (χ0n) is 10.2. The van der Waals surface area contributed by atoms with Gasteiger partial charge in [0, 0.05) is 19.8 Å². The average Bonchev–Trinajstić information content (AvgIpc) is 2.37. The molecule has 18 heavy (non-hydrogen) atoms. The van der Waals surface area contributed by atoms with E-state index >= 15 is 0 Å². The molecule has 0 atom stereocenters. The summed E-state index contributed by atoms with van der Waals surface area (Å²) in [6, 6.07) is 3.50. The summed E-state index contributed by atoms with van der Waals surface area (Å²) in [5.41, 5.74) is 0. The molecule has 1 rings (SSSR count). The first kappa shape index (κ1) is 14.0. The molecule has 0 aliphatic heterocycles. The quantitative estimate of drug-likeness (QED) is 0.775. The van der Waals surface area contributed by atoms with Crippen LogP contribution in [0.4, 0.5) is 0 Å². The molecule has 0 unspecified atom stereocenters. The summed E-state index contributed by atoms with van der Waals surface area (Å²) in [6.07, 6.45) is 3.37. The van der Waals surface area contributed by atoms with Crippen LogP contribution in [0.15, 0.2) is 24.5 Å². The van der Waals surface area contributed by atoms with Gasteiger partial charge < -0.3 is 14.7 Å². The Morgan fingerprint density at radius 2 is 2.22 bits per heavy atom. The molecular weight excluding hydrogens is 236 g/mol. The van der Waals surface area contributed by atoms with Crippen LogP contribution in [0, 0.1) is 0 Å². The van der Waals surface area contributed by atoms with Gasteiger partial charge in [-0.05, 0) is 12.1 Å². The van der Waals surface area contributed by atoms with Gasteiger partial charge in [-0.1, -0.05) is 0 Å². The maximum absolute atomic E-state index is 11.6. The molecule has 6 nitrogen and oxygen atoms in total. The monoisotopic (exact) mass is 252 g/mol. The van der Waals surface area contributed by atoms with E-state index in [2.05, 4.69) is 4.98 Å². The Balaban J connectivity index is 2.22. The molecule has 0 saturated carbocycles. The van der Waals surface area contributed by atoms with E-state index in [1.54, 1.807) is 31.6 Å². The second kappa shape index (κ2) is 7.26. The van der Waals surface area contributed by atoms with Crippen molar-refractivity contribution in [2.24, 2.45) is 0 Å². The first-order valence-corrected chi connectivity index (χ1v) is 5.58. The van der Waals surface area contributed by atoms with E-state index in [-0.39, 0.29) is 31.9 Å². The van der Waals surface area contributed by atoms with E-state index in [1.807, 2.05) is 0 Å². The summed E-state index contributed by atoms with van der Waals surface area (Å²) < 4.78 is 5.33. The minimum atomic E-state index is -0.916. The third kappa shape index (κ3) is 5.29. The van der Waals surface area contributed by atoms with Crippen molar-refractivity contribution in [1.29, 1.82) is 0 Å². The van der Waals surface area contributed by atoms with Gasteiger partial charge in [0.2, 0.25) is 5.91 Å². The zero-order valence-corrected chi connectivity index (χ0v) is 10.2.